The first-order chi connectivity index (χ1) is 11.3. The van der Waals surface area contributed by atoms with Crippen molar-refractivity contribution in [2.75, 3.05) is 13.1 Å². The van der Waals surface area contributed by atoms with Crippen LogP contribution < -0.4 is 10.1 Å². The Labute approximate surface area is 140 Å². The number of alkyl halides is 2. The van der Waals surface area contributed by atoms with E-state index in [9.17, 15) is 18.4 Å². The van der Waals surface area contributed by atoms with Gasteiger partial charge in [-0.25, -0.2) is 0 Å². The molecule has 1 saturated heterocycles. The van der Waals surface area contributed by atoms with E-state index in [2.05, 4.69) is 10.1 Å². The molecule has 0 saturated carbocycles. The van der Waals surface area contributed by atoms with Crippen LogP contribution in [0.1, 0.15) is 25.8 Å². The van der Waals surface area contributed by atoms with Crippen molar-refractivity contribution < 1.29 is 23.1 Å². The predicted molar refractivity (Wildman–Crippen MR) is 84.4 cm³/mol. The van der Waals surface area contributed by atoms with Crippen molar-refractivity contribution in [2.45, 2.75) is 33.4 Å². The van der Waals surface area contributed by atoms with E-state index in [0.717, 1.165) is 5.56 Å². The van der Waals surface area contributed by atoms with E-state index in [-0.39, 0.29) is 36.4 Å². The van der Waals surface area contributed by atoms with Crippen LogP contribution >= 0.6 is 0 Å². The molecule has 0 aromatic heterocycles. The van der Waals surface area contributed by atoms with E-state index in [1.807, 2.05) is 13.8 Å². The summed E-state index contributed by atoms with van der Waals surface area (Å²) in [5.74, 6) is -0.0481. The zero-order chi connectivity index (χ0) is 17.7. The van der Waals surface area contributed by atoms with Gasteiger partial charge in [-0.3, -0.25) is 9.59 Å². The number of nitrogens with zero attached hydrogens (tertiary/aromatic N) is 1. The van der Waals surface area contributed by atoms with Crippen molar-refractivity contribution in [3.05, 3.63) is 29.8 Å². The number of hydrogen-bond donors (Lipinski definition) is 1. The molecular weight excluding hydrogens is 318 g/mol. The van der Waals surface area contributed by atoms with Crippen molar-refractivity contribution in [3.8, 4) is 5.75 Å². The van der Waals surface area contributed by atoms with E-state index in [1.54, 1.807) is 17.0 Å². The van der Waals surface area contributed by atoms with Gasteiger partial charge in [-0.2, -0.15) is 8.78 Å². The molecule has 1 aromatic rings. The highest BCUT2D eigenvalue weighted by Crippen LogP contribution is 2.20. The summed E-state index contributed by atoms with van der Waals surface area (Å²) in [5.41, 5.74) is 0.772. The topological polar surface area (TPSA) is 58.6 Å². The Bertz CT molecular complexity index is 576. The van der Waals surface area contributed by atoms with Crippen molar-refractivity contribution in [1.82, 2.24) is 10.2 Å². The number of halogens is 2. The Morgan fingerprint density at radius 1 is 1.33 bits per heavy atom. The Morgan fingerprint density at radius 2 is 2.00 bits per heavy atom. The van der Waals surface area contributed by atoms with Gasteiger partial charge >= 0.3 is 6.61 Å². The van der Waals surface area contributed by atoms with Crippen molar-refractivity contribution in [3.63, 3.8) is 0 Å². The molecular formula is C17H22F2N2O3. The maximum atomic E-state index is 12.2. The first-order valence-electron chi connectivity index (χ1n) is 7.94. The van der Waals surface area contributed by atoms with Gasteiger partial charge in [-0.15, -0.1) is 0 Å². The SMILES string of the molecule is CC(C)CN1C[C@H](C(=O)NCc2ccc(OC(F)F)cc2)CC1=O. The fourth-order valence-electron chi connectivity index (χ4n) is 2.69. The number of rotatable bonds is 7. The largest absolute Gasteiger partial charge is 0.435 e. The van der Waals surface area contributed by atoms with E-state index >= 15 is 0 Å². The first-order valence-corrected chi connectivity index (χ1v) is 7.94. The fraction of sp³-hybridized carbons (Fsp3) is 0.529. The second kappa shape index (κ2) is 8.08. The average Bonchev–Trinajstić information content (AvgIpc) is 2.86. The fourth-order valence-corrected chi connectivity index (χ4v) is 2.69. The van der Waals surface area contributed by atoms with Gasteiger partial charge in [-0.05, 0) is 23.6 Å². The summed E-state index contributed by atoms with van der Waals surface area (Å²) in [6.45, 7) is 2.59. The van der Waals surface area contributed by atoms with E-state index < -0.39 is 6.61 Å². The van der Waals surface area contributed by atoms with Gasteiger partial charge in [0.25, 0.3) is 0 Å². The molecule has 1 atom stereocenters. The minimum Gasteiger partial charge on any atom is -0.435 e. The number of carbonyl (C=O) groups excluding carboxylic acids is 2. The number of benzene rings is 1. The highest BCUT2D eigenvalue weighted by atomic mass is 19.3. The molecule has 2 amide bonds. The lowest BCUT2D eigenvalue weighted by atomic mass is 10.1. The number of amides is 2. The van der Waals surface area contributed by atoms with Crippen LogP contribution in [0, 0.1) is 11.8 Å². The third-order valence-corrected chi connectivity index (χ3v) is 3.79. The monoisotopic (exact) mass is 340 g/mol. The molecule has 0 spiro atoms. The molecule has 0 bridgehead atoms. The average molecular weight is 340 g/mol. The third kappa shape index (κ3) is 5.18. The lowest BCUT2D eigenvalue weighted by Gasteiger charge is -2.18. The van der Waals surface area contributed by atoms with Gasteiger partial charge in [0.2, 0.25) is 11.8 Å². The summed E-state index contributed by atoms with van der Waals surface area (Å²) in [4.78, 5) is 25.8. The number of ether oxygens (including phenoxy) is 1. The molecule has 132 valence electrons. The quantitative estimate of drug-likeness (QED) is 0.829. The molecule has 5 nitrogen and oxygen atoms in total. The minimum absolute atomic E-state index is 0.0114. The van der Waals surface area contributed by atoms with E-state index in [0.29, 0.717) is 19.0 Å². The highest BCUT2D eigenvalue weighted by molar-refractivity contribution is 5.89. The lowest BCUT2D eigenvalue weighted by Crippen LogP contribution is -2.33. The van der Waals surface area contributed by atoms with Crippen LogP contribution in [0.3, 0.4) is 0 Å². The predicted octanol–water partition coefficient (Wildman–Crippen LogP) is 2.41. The Hall–Kier alpha value is -2.18. The van der Waals surface area contributed by atoms with E-state index in [4.69, 9.17) is 0 Å². The van der Waals surface area contributed by atoms with Gasteiger partial charge in [0, 0.05) is 26.1 Å². The molecule has 1 aliphatic rings. The normalized spacial score (nSPS) is 17.7. The van der Waals surface area contributed by atoms with Gasteiger partial charge in [0.05, 0.1) is 5.92 Å². The van der Waals surface area contributed by atoms with Gasteiger partial charge in [-0.1, -0.05) is 26.0 Å². The second-order valence-electron chi connectivity index (χ2n) is 6.33. The molecule has 0 aliphatic carbocycles. The number of hydrogen-bond acceptors (Lipinski definition) is 3. The molecule has 2 rings (SSSR count). The van der Waals surface area contributed by atoms with Crippen LogP contribution in [0.15, 0.2) is 24.3 Å². The standard InChI is InChI=1S/C17H22F2N2O3/c1-11(2)9-21-10-13(7-15(21)22)16(23)20-8-12-3-5-14(6-4-12)24-17(18)19/h3-6,11,13,17H,7-10H2,1-2H3,(H,20,23)/t13-/m1/s1. The molecule has 0 unspecified atom stereocenters. The Balaban J connectivity index is 1.82. The van der Waals surface area contributed by atoms with Crippen molar-refractivity contribution in [1.29, 1.82) is 0 Å². The zero-order valence-electron chi connectivity index (χ0n) is 13.8. The maximum Gasteiger partial charge on any atom is 0.387 e. The van der Waals surface area contributed by atoms with Crippen LogP contribution in [0.4, 0.5) is 8.78 Å². The van der Waals surface area contributed by atoms with Gasteiger partial charge in [0.15, 0.2) is 0 Å². The third-order valence-electron chi connectivity index (χ3n) is 3.79. The number of nitrogens with one attached hydrogen (secondary N) is 1. The van der Waals surface area contributed by atoms with Gasteiger partial charge in [0.1, 0.15) is 5.75 Å². The number of carbonyl (C=O) groups is 2. The molecule has 0 radical (unpaired) electrons. The summed E-state index contributed by atoms with van der Waals surface area (Å²) < 4.78 is 28.4. The molecule has 1 heterocycles. The molecule has 1 fully saturated rings. The van der Waals surface area contributed by atoms with Crippen LogP contribution in [-0.4, -0.2) is 36.4 Å². The van der Waals surface area contributed by atoms with Crippen LogP contribution in [0.2, 0.25) is 0 Å². The molecule has 1 aromatic carbocycles. The Morgan fingerprint density at radius 3 is 2.58 bits per heavy atom. The number of likely N-dealkylation sites (tertiary alicyclic amines) is 1. The molecule has 1 aliphatic heterocycles. The highest BCUT2D eigenvalue weighted by Gasteiger charge is 2.34. The summed E-state index contributed by atoms with van der Waals surface area (Å²) in [6.07, 6.45) is 0.236. The first kappa shape index (κ1) is 18.2. The summed E-state index contributed by atoms with van der Waals surface area (Å²) in [6, 6.07) is 6.08. The molecule has 1 N–H and O–H groups in total. The smallest absolute Gasteiger partial charge is 0.387 e. The van der Waals surface area contributed by atoms with Crippen LogP contribution in [0.5, 0.6) is 5.75 Å². The Kier molecular flexibility index (Phi) is 6.11. The zero-order valence-corrected chi connectivity index (χ0v) is 13.8. The molecule has 24 heavy (non-hydrogen) atoms. The minimum atomic E-state index is -2.86. The van der Waals surface area contributed by atoms with Gasteiger partial charge < -0.3 is 15.0 Å². The van der Waals surface area contributed by atoms with Crippen LogP contribution in [-0.2, 0) is 16.1 Å². The second-order valence-corrected chi connectivity index (χ2v) is 6.33. The van der Waals surface area contributed by atoms with Crippen molar-refractivity contribution in [2.24, 2.45) is 11.8 Å². The maximum absolute atomic E-state index is 12.2. The lowest BCUT2D eigenvalue weighted by molar-refractivity contribution is -0.129. The van der Waals surface area contributed by atoms with Crippen molar-refractivity contribution >= 4 is 11.8 Å². The van der Waals surface area contributed by atoms with E-state index in [1.165, 1.54) is 12.1 Å². The summed E-state index contributed by atoms with van der Waals surface area (Å²) in [5, 5.41) is 2.79. The molecule has 7 heteroatoms. The summed E-state index contributed by atoms with van der Waals surface area (Å²) >= 11 is 0. The summed E-state index contributed by atoms with van der Waals surface area (Å²) in [7, 11) is 0. The van der Waals surface area contributed by atoms with Crippen LogP contribution in [0.25, 0.3) is 0 Å².